The molecule has 1 aromatic carbocycles. The quantitative estimate of drug-likeness (QED) is 0.895. The van der Waals surface area contributed by atoms with E-state index in [-0.39, 0.29) is 18.3 Å². The Morgan fingerprint density at radius 2 is 1.85 bits per heavy atom. The Labute approximate surface area is 161 Å². The highest BCUT2D eigenvalue weighted by Gasteiger charge is 2.30. The summed E-state index contributed by atoms with van der Waals surface area (Å²) in [4.78, 5) is 19.7. The fourth-order valence-corrected chi connectivity index (χ4v) is 4.42. The molecule has 2 fully saturated rings. The Hall–Kier alpha value is -1.59. The molecule has 1 N–H and O–H groups in total. The van der Waals surface area contributed by atoms with Crippen molar-refractivity contribution >= 4 is 29.3 Å². The molecular weight excluding hydrogens is 348 g/mol. The Balaban J connectivity index is 0.00000196. The van der Waals surface area contributed by atoms with Gasteiger partial charge in [-0.3, -0.25) is 4.79 Å². The summed E-state index contributed by atoms with van der Waals surface area (Å²) in [6.07, 6.45) is 4.99. The van der Waals surface area contributed by atoms with E-state index in [0.717, 1.165) is 63.8 Å². The Morgan fingerprint density at radius 3 is 2.54 bits per heavy atom. The third-order valence-corrected chi connectivity index (χ3v) is 5.81. The second-order valence-electron chi connectivity index (χ2n) is 7.32. The summed E-state index contributed by atoms with van der Waals surface area (Å²) in [5, 5.41) is 3.35. The minimum absolute atomic E-state index is 0. The number of hydrogen-bond acceptors (Lipinski definition) is 3. The van der Waals surface area contributed by atoms with Crippen molar-refractivity contribution in [2.24, 2.45) is 5.92 Å². The molecule has 26 heavy (non-hydrogen) atoms. The smallest absolute Gasteiger partial charge is 0.225 e. The zero-order valence-corrected chi connectivity index (χ0v) is 16.3. The number of fused-ring (bicyclic) bond motifs is 1. The van der Waals surface area contributed by atoms with E-state index < -0.39 is 0 Å². The van der Waals surface area contributed by atoms with Crippen LogP contribution in [0.1, 0.15) is 44.5 Å². The number of piperidine rings is 2. The summed E-state index contributed by atoms with van der Waals surface area (Å²) in [6, 6.07) is 8.88. The molecule has 2 saturated heterocycles. The monoisotopic (exact) mass is 376 g/mol. The molecule has 142 valence electrons. The molecule has 2 aliphatic rings. The van der Waals surface area contributed by atoms with Crippen molar-refractivity contribution in [3.05, 3.63) is 30.1 Å². The molecule has 0 radical (unpaired) electrons. The van der Waals surface area contributed by atoms with Gasteiger partial charge in [0.2, 0.25) is 5.91 Å². The Bertz CT molecular complexity index is 745. The van der Waals surface area contributed by atoms with Crippen LogP contribution in [0.3, 0.4) is 0 Å². The zero-order valence-electron chi connectivity index (χ0n) is 15.5. The first-order chi connectivity index (χ1) is 12.3. The number of aryl methyl sites for hydroxylation is 1. The second-order valence-corrected chi connectivity index (χ2v) is 7.32. The molecule has 1 aromatic heterocycles. The van der Waals surface area contributed by atoms with Crippen LogP contribution in [0, 0.1) is 5.92 Å². The van der Waals surface area contributed by atoms with Gasteiger partial charge in [-0.2, -0.15) is 0 Å². The maximum Gasteiger partial charge on any atom is 0.225 e. The van der Waals surface area contributed by atoms with E-state index >= 15 is 0 Å². The number of imidazole rings is 1. The number of nitrogens with one attached hydrogen (secondary N) is 1. The van der Waals surface area contributed by atoms with Gasteiger partial charge in [-0.25, -0.2) is 4.98 Å². The average molecular weight is 377 g/mol. The number of nitrogens with zero attached hydrogens (tertiary/aromatic N) is 3. The first-order valence-corrected chi connectivity index (χ1v) is 9.73. The summed E-state index contributed by atoms with van der Waals surface area (Å²) >= 11 is 0. The fourth-order valence-electron chi connectivity index (χ4n) is 4.42. The zero-order chi connectivity index (χ0) is 17.2. The highest BCUT2D eigenvalue weighted by molar-refractivity contribution is 5.85. The number of rotatable bonds is 3. The lowest BCUT2D eigenvalue weighted by atomic mass is 9.94. The maximum atomic E-state index is 12.8. The molecule has 0 unspecified atom stereocenters. The van der Waals surface area contributed by atoms with Crippen LogP contribution in [-0.2, 0) is 11.2 Å². The number of benzene rings is 1. The van der Waals surface area contributed by atoms with E-state index in [4.69, 9.17) is 4.98 Å². The van der Waals surface area contributed by atoms with Gasteiger partial charge in [-0.05, 0) is 50.9 Å². The minimum atomic E-state index is 0. The van der Waals surface area contributed by atoms with Crippen LogP contribution in [0.2, 0.25) is 0 Å². The van der Waals surface area contributed by atoms with Gasteiger partial charge in [0.15, 0.2) is 0 Å². The second kappa shape index (κ2) is 8.40. The third-order valence-electron chi connectivity index (χ3n) is 5.81. The van der Waals surface area contributed by atoms with Gasteiger partial charge >= 0.3 is 0 Å². The van der Waals surface area contributed by atoms with Crippen LogP contribution in [0.4, 0.5) is 0 Å². The molecule has 0 bridgehead atoms. The first-order valence-electron chi connectivity index (χ1n) is 9.73. The SMILES string of the molecule is CCc1nc2ccccc2n1C1CCN(C(=O)C2CCNCC2)CC1.Cl. The highest BCUT2D eigenvalue weighted by Crippen LogP contribution is 2.30. The molecule has 0 saturated carbocycles. The number of carbonyl (C=O) groups excluding carboxylic acids is 1. The van der Waals surface area contributed by atoms with Crippen molar-refractivity contribution in [2.75, 3.05) is 26.2 Å². The normalized spacial score (nSPS) is 19.5. The number of carbonyl (C=O) groups is 1. The van der Waals surface area contributed by atoms with Crippen LogP contribution < -0.4 is 5.32 Å². The number of aromatic nitrogens is 2. The van der Waals surface area contributed by atoms with Gasteiger partial charge in [-0.1, -0.05) is 19.1 Å². The lowest BCUT2D eigenvalue weighted by Crippen LogP contribution is -2.45. The highest BCUT2D eigenvalue weighted by atomic mass is 35.5. The molecule has 0 spiro atoms. The van der Waals surface area contributed by atoms with E-state index in [0.29, 0.717) is 11.9 Å². The molecule has 2 aliphatic heterocycles. The van der Waals surface area contributed by atoms with Gasteiger partial charge in [0.1, 0.15) is 5.82 Å². The van der Waals surface area contributed by atoms with E-state index in [1.165, 1.54) is 11.3 Å². The Kier molecular flexibility index (Phi) is 6.20. The standard InChI is InChI=1S/C20H28N4O.ClH/c1-2-19-22-17-5-3-4-6-18(17)24(19)16-9-13-23(14-10-16)20(25)15-7-11-21-12-8-15;/h3-6,15-16,21H,2,7-14H2,1H3;1H. The van der Waals surface area contributed by atoms with Gasteiger partial charge in [0, 0.05) is 31.5 Å². The summed E-state index contributed by atoms with van der Waals surface area (Å²) in [6.45, 7) is 5.89. The van der Waals surface area contributed by atoms with Crippen molar-refractivity contribution in [1.82, 2.24) is 19.8 Å². The lowest BCUT2D eigenvalue weighted by Gasteiger charge is -2.36. The summed E-state index contributed by atoms with van der Waals surface area (Å²) in [5.74, 6) is 1.79. The van der Waals surface area contributed by atoms with Crippen LogP contribution in [0.25, 0.3) is 11.0 Å². The molecule has 6 heteroatoms. The molecule has 3 heterocycles. The van der Waals surface area contributed by atoms with Gasteiger partial charge in [0.05, 0.1) is 11.0 Å². The van der Waals surface area contributed by atoms with Gasteiger partial charge in [0.25, 0.3) is 0 Å². The van der Waals surface area contributed by atoms with E-state index in [9.17, 15) is 4.79 Å². The summed E-state index contributed by atoms with van der Waals surface area (Å²) in [5.41, 5.74) is 2.33. The molecule has 2 aromatic rings. The van der Waals surface area contributed by atoms with Crippen LogP contribution in [-0.4, -0.2) is 46.5 Å². The van der Waals surface area contributed by atoms with Crippen molar-refractivity contribution < 1.29 is 4.79 Å². The topological polar surface area (TPSA) is 50.2 Å². The van der Waals surface area contributed by atoms with E-state index in [2.05, 4.69) is 46.0 Å². The molecular formula is C20H29ClN4O. The minimum Gasteiger partial charge on any atom is -0.342 e. The summed E-state index contributed by atoms with van der Waals surface area (Å²) < 4.78 is 2.43. The van der Waals surface area contributed by atoms with Crippen molar-refractivity contribution in [1.29, 1.82) is 0 Å². The lowest BCUT2D eigenvalue weighted by molar-refractivity contribution is -0.137. The van der Waals surface area contributed by atoms with Gasteiger partial charge < -0.3 is 14.8 Å². The maximum absolute atomic E-state index is 12.8. The average Bonchev–Trinajstić information content (AvgIpc) is 3.07. The third kappa shape index (κ3) is 3.60. The summed E-state index contributed by atoms with van der Waals surface area (Å²) in [7, 11) is 0. The van der Waals surface area contributed by atoms with Crippen molar-refractivity contribution in [3.8, 4) is 0 Å². The molecule has 1 amide bonds. The molecule has 0 atom stereocenters. The van der Waals surface area contributed by atoms with Crippen LogP contribution in [0.5, 0.6) is 0 Å². The number of amides is 1. The largest absolute Gasteiger partial charge is 0.342 e. The predicted octanol–water partition coefficient (Wildman–Crippen LogP) is 3.18. The molecule has 0 aliphatic carbocycles. The number of hydrogen-bond donors (Lipinski definition) is 1. The number of halogens is 1. The molecule has 4 rings (SSSR count). The van der Waals surface area contributed by atoms with Crippen molar-refractivity contribution in [2.45, 2.75) is 45.1 Å². The fraction of sp³-hybridized carbons (Fsp3) is 0.600. The molecule has 5 nitrogen and oxygen atoms in total. The van der Waals surface area contributed by atoms with Crippen LogP contribution in [0.15, 0.2) is 24.3 Å². The number of likely N-dealkylation sites (tertiary alicyclic amines) is 1. The Morgan fingerprint density at radius 1 is 1.15 bits per heavy atom. The van der Waals surface area contributed by atoms with Gasteiger partial charge in [-0.15, -0.1) is 12.4 Å². The van der Waals surface area contributed by atoms with E-state index in [1.54, 1.807) is 0 Å². The first kappa shape index (κ1) is 19.2. The van der Waals surface area contributed by atoms with E-state index in [1.807, 2.05) is 0 Å². The van der Waals surface area contributed by atoms with Crippen molar-refractivity contribution in [3.63, 3.8) is 0 Å². The predicted molar refractivity (Wildman–Crippen MR) is 107 cm³/mol. The number of para-hydroxylation sites is 2. The van der Waals surface area contributed by atoms with Crippen LogP contribution >= 0.6 is 12.4 Å².